The summed E-state index contributed by atoms with van der Waals surface area (Å²) in [6, 6.07) is 9.27. The second kappa shape index (κ2) is 13.3. The number of benzene rings is 1. The lowest BCUT2D eigenvalue weighted by molar-refractivity contribution is -0.130. The minimum absolute atomic E-state index is 0.0806. The second-order valence-corrected chi connectivity index (χ2v) is 9.85. The van der Waals surface area contributed by atoms with Crippen molar-refractivity contribution in [2.75, 3.05) is 38.5 Å². The molecule has 2 rings (SSSR count). The van der Waals surface area contributed by atoms with E-state index in [4.69, 9.17) is 0 Å². The number of hydrogen-bond donors (Lipinski definition) is 2. The first kappa shape index (κ1) is 24.2. The zero-order valence-electron chi connectivity index (χ0n) is 18.1. The molecule has 1 aliphatic heterocycles. The molecule has 0 atom stereocenters. The van der Waals surface area contributed by atoms with E-state index in [9.17, 15) is 13.2 Å². The zero-order chi connectivity index (χ0) is 21.7. The number of nitrogens with zero attached hydrogens (tertiary/aromatic N) is 2. The molecule has 0 aromatic heterocycles. The highest BCUT2D eigenvalue weighted by molar-refractivity contribution is 7.90. The van der Waals surface area contributed by atoms with E-state index in [0.29, 0.717) is 31.9 Å². The standard InChI is InChI=1S/C22H36N4O3S/c1-2-23-22(24-14-9-17-26-16-8-4-7-13-21(26)27)25-15-10-18-30(28,29)19-20-11-5-3-6-12-20/h3,5-6,11-12H,2,4,7-10,13-19H2,1H3,(H2,23,24,25). The smallest absolute Gasteiger partial charge is 0.222 e. The Kier molecular flexibility index (Phi) is 10.7. The van der Waals surface area contributed by atoms with E-state index < -0.39 is 9.84 Å². The number of guanidine groups is 1. The summed E-state index contributed by atoms with van der Waals surface area (Å²) in [4.78, 5) is 18.5. The SMILES string of the molecule is CCNC(=NCCCN1CCCCCC1=O)NCCCS(=O)(=O)Cc1ccccc1. The molecule has 0 bridgehead atoms. The Morgan fingerprint density at radius 2 is 1.90 bits per heavy atom. The van der Waals surface area contributed by atoms with E-state index in [2.05, 4.69) is 15.6 Å². The van der Waals surface area contributed by atoms with Gasteiger partial charge in [0.1, 0.15) is 0 Å². The Balaban J connectivity index is 1.69. The van der Waals surface area contributed by atoms with Gasteiger partial charge in [-0.2, -0.15) is 0 Å². The molecule has 1 heterocycles. The lowest BCUT2D eigenvalue weighted by Gasteiger charge is -2.20. The molecule has 1 saturated heterocycles. The van der Waals surface area contributed by atoms with E-state index in [-0.39, 0.29) is 17.4 Å². The molecule has 1 fully saturated rings. The topological polar surface area (TPSA) is 90.9 Å². The van der Waals surface area contributed by atoms with Crippen molar-refractivity contribution in [2.24, 2.45) is 4.99 Å². The van der Waals surface area contributed by atoms with Crippen molar-refractivity contribution in [3.05, 3.63) is 35.9 Å². The molecule has 168 valence electrons. The maximum atomic E-state index is 12.3. The van der Waals surface area contributed by atoms with Crippen molar-refractivity contribution in [2.45, 2.75) is 51.2 Å². The highest BCUT2D eigenvalue weighted by Gasteiger charge is 2.15. The Morgan fingerprint density at radius 3 is 2.67 bits per heavy atom. The van der Waals surface area contributed by atoms with Gasteiger partial charge in [0.25, 0.3) is 0 Å². The molecule has 30 heavy (non-hydrogen) atoms. The minimum Gasteiger partial charge on any atom is -0.357 e. The quantitative estimate of drug-likeness (QED) is 0.316. The monoisotopic (exact) mass is 436 g/mol. The van der Waals surface area contributed by atoms with Crippen LogP contribution in [0.15, 0.2) is 35.3 Å². The van der Waals surface area contributed by atoms with Crippen molar-refractivity contribution in [1.82, 2.24) is 15.5 Å². The summed E-state index contributed by atoms with van der Waals surface area (Å²) in [5.74, 6) is 1.18. The Hall–Kier alpha value is -2.09. The summed E-state index contributed by atoms with van der Waals surface area (Å²) in [5, 5.41) is 6.39. The van der Waals surface area contributed by atoms with Gasteiger partial charge < -0.3 is 15.5 Å². The summed E-state index contributed by atoms with van der Waals surface area (Å²) in [6.45, 7) is 5.52. The summed E-state index contributed by atoms with van der Waals surface area (Å²) in [6.07, 6.45) is 5.25. The van der Waals surface area contributed by atoms with Gasteiger partial charge in [-0.1, -0.05) is 36.8 Å². The van der Waals surface area contributed by atoms with Crippen LogP contribution in [-0.2, 0) is 20.4 Å². The van der Waals surface area contributed by atoms with Crippen LogP contribution in [0.1, 0.15) is 51.0 Å². The van der Waals surface area contributed by atoms with Gasteiger partial charge in [0.15, 0.2) is 15.8 Å². The third kappa shape index (κ3) is 9.61. The van der Waals surface area contributed by atoms with Crippen molar-refractivity contribution in [3.8, 4) is 0 Å². The van der Waals surface area contributed by atoms with Crippen LogP contribution >= 0.6 is 0 Å². The van der Waals surface area contributed by atoms with E-state index in [1.54, 1.807) is 0 Å². The molecule has 0 aliphatic carbocycles. The molecular weight excluding hydrogens is 400 g/mol. The minimum atomic E-state index is -3.12. The normalized spacial score (nSPS) is 15.7. The maximum absolute atomic E-state index is 12.3. The molecule has 1 aromatic carbocycles. The number of aliphatic imine (C=N–C) groups is 1. The number of hydrogen-bond acceptors (Lipinski definition) is 4. The fourth-order valence-corrected chi connectivity index (χ4v) is 4.90. The van der Waals surface area contributed by atoms with E-state index in [1.807, 2.05) is 42.2 Å². The Labute approximate surface area is 181 Å². The van der Waals surface area contributed by atoms with Gasteiger partial charge >= 0.3 is 0 Å². The third-order valence-corrected chi connectivity index (χ3v) is 6.71. The van der Waals surface area contributed by atoms with Gasteiger partial charge in [-0.25, -0.2) is 8.42 Å². The van der Waals surface area contributed by atoms with Crippen LogP contribution in [0.2, 0.25) is 0 Å². The summed E-state index contributed by atoms with van der Waals surface area (Å²) in [5.41, 5.74) is 0.822. The van der Waals surface area contributed by atoms with Gasteiger partial charge in [0, 0.05) is 39.1 Å². The Bertz CT molecular complexity index is 766. The summed E-state index contributed by atoms with van der Waals surface area (Å²) in [7, 11) is -3.12. The fraction of sp³-hybridized carbons (Fsp3) is 0.636. The molecule has 0 spiro atoms. The molecule has 1 amide bonds. The highest BCUT2D eigenvalue weighted by Crippen LogP contribution is 2.11. The van der Waals surface area contributed by atoms with Crippen LogP contribution in [0.25, 0.3) is 0 Å². The summed E-state index contributed by atoms with van der Waals surface area (Å²) < 4.78 is 24.6. The molecule has 1 aliphatic rings. The predicted molar refractivity (Wildman–Crippen MR) is 122 cm³/mol. The third-order valence-electron chi connectivity index (χ3n) is 5.03. The van der Waals surface area contributed by atoms with Gasteiger partial charge in [-0.3, -0.25) is 9.79 Å². The van der Waals surface area contributed by atoms with E-state index in [0.717, 1.165) is 50.9 Å². The molecule has 0 unspecified atom stereocenters. The number of amides is 1. The zero-order valence-corrected chi connectivity index (χ0v) is 18.9. The highest BCUT2D eigenvalue weighted by atomic mass is 32.2. The summed E-state index contributed by atoms with van der Waals surface area (Å²) >= 11 is 0. The van der Waals surface area contributed by atoms with Crippen LogP contribution in [0.4, 0.5) is 0 Å². The Morgan fingerprint density at radius 1 is 1.10 bits per heavy atom. The van der Waals surface area contributed by atoms with Crippen molar-refractivity contribution in [3.63, 3.8) is 0 Å². The van der Waals surface area contributed by atoms with Crippen LogP contribution in [0.3, 0.4) is 0 Å². The van der Waals surface area contributed by atoms with Crippen LogP contribution in [0.5, 0.6) is 0 Å². The number of carbonyl (C=O) groups is 1. The first-order valence-corrected chi connectivity index (χ1v) is 12.9. The average molecular weight is 437 g/mol. The molecule has 2 N–H and O–H groups in total. The van der Waals surface area contributed by atoms with Gasteiger partial charge in [0.05, 0.1) is 11.5 Å². The van der Waals surface area contributed by atoms with Gasteiger partial charge in [0.2, 0.25) is 5.91 Å². The first-order chi connectivity index (χ1) is 14.5. The van der Waals surface area contributed by atoms with Crippen molar-refractivity contribution < 1.29 is 13.2 Å². The number of nitrogens with one attached hydrogen (secondary N) is 2. The van der Waals surface area contributed by atoms with Crippen LogP contribution in [-0.4, -0.2) is 63.7 Å². The van der Waals surface area contributed by atoms with E-state index in [1.165, 1.54) is 0 Å². The molecule has 7 nitrogen and oxygen atoms in total. The molecule has 8 heteroatoms. The number of rotatable bonds is 11. The molecule has 0 radical (unpaired) electrons. The average Bonchev–Trinajstić information content (AvgIpc) is 2.93. The predicted octanol–water partition coefficient (Wildman–Crippen LogP) is 2.34. The number of carbonyl (C=O) groups excluding carboxylic acids is 1. The van der Waals surface area contributed by atoms with Gasteiger partial charge in [-0.15, -0.1) is 0 Å². The lowest BCUT2D eigenvalue weighted by atomic mass is 10.2. The lowest BCUT2D eigenvalue weighted by Crippen LogP contribution is -2.38. The molecule has 0 saturated carbocycles. The van der Waals surface area contributed by atoms with Crippen LogP contribution < -0.4 is 10.6 Å². The van der Waals surface area contributed by atoms with Crippen molar-refractivity contribution >= 4 is 21.7 Å². The molecule has 1 aromatic rings. The van der Waals surface area contributed by atoms with Crippen molar-refractivity contribution in [1.29, 1.82) is 0 Å². The largest absolute Gasteiger partial charge is 0.357 e. The van der Waals surface area contributed by atoms with Gasteiger partial charge in [-0.05, 0) is 38.2 Å². The fourth-order valence-electron chi connectivity index (χ4n) is 3.47. The van der Waals surface area contributed by atoms with E-state index >= 15 is 0 Å². The first-order valence-electron chi connectivity index (χ1n) is 11.0. The van der Waals surface area contributed by atoms with Crippen LogP contribution in [0, 0.1) is 0 Å². The number of sulfone groups is 1. The second-order valence-electron chi connectivity index (χ2n) is 7.66. The number of likely N-dealkylation sites (tertiary alicyclic amines) is 1. The molecular formula is C22H36N4O3S. The maximum Gasteiger partial charge on any atom is 0.222 e.